The van der Waals surface area contributed by atoms with Crippen molar-refractivity contribution >= 4 is 93.2 Å². The Kier molecular flexibility index (Phi) is 29.2. The fourth-order valence-corrected chi connectivity index (χ4v) is 12.4. The van der Waals surface area contributed by atoms with Gasteiger partial charge in [0.2, 0.25) is 29.5 Å². The van der Waals surface area contributed by atoms with E-state index < -0.39 is 189 Å². The molecule has 20 atom stereocenters. The van der Waals surface area contributed by atoms with Crippen molar-refractivity contribution in [2.75, 3.05) is 63.4 Å². The lowest BCUT2D eigenvalue weighted by molar-refractivity contribution is -0.372. The van der Waals surface area contributed by atoms with Crippen molar-refractivity contribution in [2.24, 2.45) is 33.8 Å². The number of primary amides is 3. The number of carbonyl (C=O) groups is 8. The number of carbonyl (C=O) groups excluding carboxylic acids is 8. The number of aromatic nitrogens is 4. The molecule has 0 aromatic carbocycles. The zero-order chi connectivity index (χ0) is 71.0. The standard InChI is InChI=1S/C55H85N17O21S3/c1-20-33(69-46(72-44(20)58)25(12-31(57)76)64-13-24(56)45(59)82)50(86)71-35(41(26-14-61-19-65-26)91-54-43(39(80)37(78)29(15-73)90-54)92-53-40(81)42(93-55(60)88)38(79)30(16-74)89-53)51(87)66-22(3)36(77)21(2)47(83)70-34(23(4)75)49(85)63-10-8-32-67-28(18-94-32)52-68-27(17-95-52)48(84)62-9-7-11-96(5)6/h17-19,21-26,29-30,34-43,53-54,64,73-75,77-81H,7-16,56H2,1-6H3,(H13-,57,58,59,60,61,62,63,65,66,69,70,71,72,76,82,83,84,85,86,87,88)/p+1/t21-,22+,23+,24-,25-,26?,29-,30+,34-,35-,36-,37+,38+,39-,40-,41-,42-,43-,53+,54-/m0/s1. The molecule has 2 saturated heterocycles. The highest BCUT2D eigenvalue weighted by atomic mass is 32.2. The largest absolute Gasteiger partial charge is 0.441 e. The van der Waals surface area contributed by atoms with E-state index in [0.717, 1.165) is 12.2 Å². The van der Waals surface area contributed by atoms with Gasteiger partial charge >= 0.3 is 6.09 Å². The Hall–Kier alpha value is -7.04. The van der Waals surface area contributed by atoms with Crippen molar-refractivity contribution < 1.29 is 103 Å². The van der Waals surface area contributed by atoms with Crippen molar-refractivity contribution in [3.8, 4) is 10.7 Å². The molecule has 1 unspecified atom stereocenters. The van der Waals surface area contributed by atoms with Gasteiger partial charge in [0.15, 0.2) is 18.7 Å². The Bertz CT molecular complexity index is 3180. The number of aliphatic hydroxyl groups is 8. The molecule has 3 aromatic heterocycles. The number of amides is 8. The number of nitrogens with zero attached hydrogens (tertiary/aromatic N) is 5. The lowest BCUT2D eigenvalue weighted by Crippen LogP contribution is -2.67. The summed E-state index contributed by atoms with van der Waals surface area (Å²) < 4.78 is 28.9. The van der Waals surface area contributed by atoms with Crippen LogP contribution in [0.2, 0.25) is 0 Å². The van der Waals surface area contributed by atoms with Crippen molar-refractivity contribution in [1.82, 2.24) is 57.2 Å². The predicted octanol–water partition coefficient (Wildman–Crippen LogP) is -8.80. The second-order valence-electron chi connectivity index (χ2n) is 23.1. The Morgan fingerprint density at radius 3 is 2.10 bits per heavy atom. The molecule has 38 nitrogen and oxygen atoms in total. The number of rotatable bonds is 35. The number of hydrogen-bond acceptors (Lipinski definition) is 32. The topological polar surface area (TPSA) is 623 Å². The lowest BCUT2D eigenvalue weighted by atomic mass is 9.95. The number of nitrogen functional groups attached to an aromatic ring is 1. The summed E-state index contributed by atoms with van der Waals surface area (Å²) in [5.74, 6) is -7.56. The first kappa shape index (κ1) is 78.0. The summed E-state index contributed by atoms with van der Waals surface area (Å²) in [6, 6.07) is -8.96. The molecule has 0 spiro atoms. The number of anilines is 1. The van der Waals surface area contributed by atoms with Crippen LogP contribution >= 0.6 is 22.7 Å². The van der Waals surface area contributed by atoms with E-state index >= 15 is 4.79 Å². The van der Waals surface area contributed by atoms with E-state index in [4.69, 9.17) is 52.4 Å². The van der Waals surface area contributed by atoms with Crippen molar-refractivity contribution in [1.29, 1.82) is 0 Å². The summed E-state index contributed by atoms with van der Waals surface area (Å²) in [5, 5.41) is 111. The van der Waals surface area contributed by atoms with Gasteiger partial charge in [-0.05, 0) is 31.7 Å². The number of aliphatic hydroxyl groups excluding tert-OH is 8. The molecule has 8 amide bonds. The average Bonchev–Trinajstić information content (AvgIpc) is 0.885. The maximum absolute atomic E-state index is 15.2. The Labute approximate surface area is 560 Å². The maximum atomic E-state index is 15.2. The molecule has 25 N–H and O–H groups in total. The third-order valence-electron chi connectivity index (χ3n) is 15.6. The van der Waals surface area contributed by atoms with E-state index in [9.17, 15) is 74.4 Å². The molecule has 96 heavy (non-hydrogen) atoms. The average molecular weight is 1420 g/mol. The molecule has 0 saturated carbocycles. The van der Waals surface area contributed by atoms with Gasteiger partial charge in [-0.15, -0.1) is 22.7 Å². The molecule has 3 aromatic rings. The predicted molar refractivity (Wildman–Crippen MR) is 342 cm³/mol. The van der Waals surface area contributed by atoms with Gasteiger partial charge < -0.3 is 130 Å². The summed E-state index contributed by atoms with van der Waals surface area (Å²) in [7, 11) is 0.255. The summed E-state index contributed by atoms with van der Waals surface area (Å²) in [4.78, 5) is 128. The van der Waals surface area contributed by atoms with Crippen LogP contribution in [0.1, 0.15) is 77.0 Å². The Morgan fingerprint density at radius 1 is 0.792 bits per heavy atom. The molecule has 3 aliphatic rings. The number of thiazole rings is 2. The van der Waals surface area contributed by atoms with E-state index in [1.165, 1.54) is 56.7 Å². The van der Waals surface area contributed by atoms with Crippen LogP contribution in [-0.2, 0) is 65.0 Å². The second-order valence-corrected chi connectivity index (χ2v) is 27.3. The SMILES string of the molecule is Cc1c(N)nc([C@H](CC(N)=O)NC[C@H](N)C(N)=O)nc1C(=O)N[C@H](C(=O)N[C@H](C)[C@@H](O)[C@H](C)C(=O)N[C@H](C(=O)NCCc1nc(-c2nc(C(=O)NCCC[S+](C)C)cs2)cs1)[C@@H](C)O)[C@@H](O[C@@H]1O[C@@H](CO)[C@@H](O)[C@H](O)[C@@H]1O[C@H]1O[C@H](CO)[C@@H](O)[C@H](OC(N)=O)[C@@H]1O)C1CN=CN1. The molecule has 41 heteroatoms. The third kappa shape index (κ3) is 20.8. The molecule has 534 valence electrons. The summed E-state index contributed by atoms with van der Waals surface area (Å²) in [5.41, 5.74) is 28.3. The lowest BCUT2D eigenvalue weighted by Gasteiger charge is -2.47. The minimum absolute atomic E-state index is 0.00106. The van der Waals surface area contributed by atoms with Gasteiger partial charge in [-0.2, -0.15) is 0 Å². The highest BCUT2D eigenvalue weighted by Crippen LogP contribution is 2.33. The molecular weight excluding hydrogens is 1330 g/mol. The van der Waals surface area contributed by atoms with Crippen LogP contribution in [0.15, 0.2) is 15.8 Å². The highest BCUT2D eigenvalue weighted by molar-refractivity contribution is 7.95. The van der Waals surface area contributed by atoms with Gasteiger partial charge in [0.1, 0.15) is 100 Å². The number of nitrogens with one attached hydrogen (secondary N) is 7. The number of aliphatic imine (C=N–C) groups is 1. The van der Waals surface area contributed by atoms with Gasteiger partial charge in [0, 0.05) is 55.2 Å². The Morgan fingerprint density at radius 2 is 1.48 bits per heavy atom. The van der Waals surface area contributed by atoms with Gasteiger partial charge in [-0.25, -0.2) is 24.7 Å². The third-order valence-corrected chi connectivity index (χ3v) is 18.4. The molecule has 3 aliphatic heterocycles. The second kappa shape index (κ2) is 36.0. The van der Waals surface area contributed by atoms with Crippen LogP contribution in [0.4, 0.5) is 10.6 Å². The number of ether oxygens (including phenoxy) is 5. The van der Waals surface area contributed by atoms with E-state index in [2.05, 4.69) is 74.7 Å². The van der Waals surface area contributed by atoms with Crippen LogP contribution in [0.5, 0.6) is 0 Å². The summed E-state index contributed by atoms with van der Waals surface area (Å²) >= 11 is 2.53. The molecule has 0 aliphatic carbocycles. The fraction of sp³-hybridized carbons (Fsp3) is 0.655. The Balaban J connectivity index is 1.26. The van der Waals surface area contributed by atoms with E-state index in [1.807, 2.05) is 0 Å². The monoisotopic (exact) mass is 1420 g/mol. The normalized spacial score (nSPS) is 25.4. The van der Waals surface area contributed by atoms with E-state index in [0.29, 0.717) is 22.3 Å². The molecule has 6 heterocycles. The first-order valence-electron chi connectivity index (χ1n) is 30.1. The van der Waals surface area contributed by atoms with Gasteiger partial charge in [-0.3, -0.25) is 38.6 Å². The molecule has 0 bridgehead atoms. The minimum atomic E-state index is -2.18. The van der Waals surface area contributed by atoms with Gasteiger partial charge in [-0.1, -0.05) is 6.92 Å². The first-order chi connectivity index (χ1) is 45.3. The van der Waals surface area contributed by atoms with Crippen LogP contribution in [-0.4, -0.2) is 282 Å². The quantitative estimate of drug-likeness (QED) is 0.0192. The zero-order valence-electron chi connectivity index (χ0n) is 53.1. The molecular formula is C55H86N17O21S3+. The molecule has 2 fully saturated rings. The van der Waals surface area contributed by atoms with Crippen LogP contribution in [0.25, 0.3) is 10.7 Å². The minimum Gasteiger partial charge on any atom is -0.441 e. The van der Waals surface area contributed by atoms with E-state index in [-0.39, 0.29) is 65.8 Å². The van der Waals surface area contributed by atoms with Crippen LogP contribution in [0.3, 0.4) is 0 Å². The van der Waals surface area contributed by atoms with Crippen LogP contribution < -0.4 is 65.9 Å². The highest BCUT2D eigenvalue weighted by Gasteiger charge is 2.54. The van der Waals surface area contributed by atoms with Gasteiger partial charge in [0.05, 0.1) is 85.9 Å². The maximum Gasteiger partial charge on any atom is 0.404 e. The number of nitrogens with two attached hydrogens (primary N) is 5. The fourth-order valence-electron chi connectivity index (χ4n) is 10.0. The summed E-state index contributed by atoms with van der Waals surface area (Å²) in [6.07, 6.45) is -20.6. The molecule has 0 radical (unpaired) electrons. The zero-order valence-corrected chi connectivity index (χ0v) is 55.5. The number of hydrogen-bond donors (Lipinski definition) is 20. The molecule has 6 rings (SSSR count). The smallest absolute Gasteiger partial charge is 0.404 e. The summed E-state index contributed by atoms with van der Waals surface area (Å²) in [6.45, 7) is 2.98. The van der Waals surface area contributed by atoms with Crippen molar-refractivity contribution in [3.63, 3.8) is 0 Å². The van der Waals surface area contributed by atoms with Crippen molar-refractivity contribution in [2.45, 2.75) is 163 Å². The van der Waals surface area contributed by atoms with Crippen molar-refractivity contribution in [3.05, 3.63) is 38.5 Å². The van der Waals surface area contributed by atoms with Crippen LogP contribution in [0, 0.1) is 12.8 Å². The van der Waals surface area contributed by atoms with E-state index in [1.54, 1.807) is 10.8 Å². The first-order valence-corrected chi connectivity index (χ1v) is 34.1. The van der Waals surface area contributed by atoms with Gasteiger partial charge in [0.25, 0.3) is 11.8 Å².